The summed E-state index contributed by atoms with van der Waals surface area (Å²) in [5.41, 5.74) is 2.77. The summed E-state index contributed by atoms with van der Waals surface area (Å²) in [6.07, 6.45) is 0. The Hall–Kier alpha value is -3.14. The Morgan fingerprint density at radius 1 is 0.972 bits per heavy atom. The fraction of sp³-hybridized carbons (Fsp3) is 0.192. The molecule has 2 amide bonds. The third-order valence-electron chi connectivity index (χ3n) is 5.79. The number of amides is 2. The predicted octanol–water partition coefficient (Wildman–Crippen LogP) is 5.20. The van der Waals surface area contributed by atoms with Gasteiger partial charge >= 0.3 is 0 Å². The summed E-state index contributed by atoms with van der Waals surface area (Å²) in [5, 5.41) is 6.44. The van der Waals surface area contributed by atoms with Crippen LogP contribution in [0.2, 0.25) is 5.02 Å². The van der Waals surface area contributed by atoms with Crippen molar-refractivity contribution in [3.63, 3.8) is 0 Å². The molecule has 4 rings (SSSR count). The summed E-state index contributed by atoms with van der Waals surface area (Å²) < 4.78 is 6.03. The molecule has 10 heteroatoms. The average molecular weight is 588 g/mol. The summed E-state index contributed by atoms with van der Waals surface area (Å²) >= 11 is 14.8. The van der Waals surface area contributed by atoms with Crippen LogP contribution in [0.3, 0.4) is 0 Å². The van der Waals surface area contributed by atoms with Gasteiger partial charge in [0.25, 0.3) is 11.8 Å². The minimum absolute atomic E-state index is 0.0911. The molecule has 0 bridgehead atoms. The smallest absolute Gasteiger partial charge is 0.258 e. The number of carbonyl (C=O) groups excluding carboxylic acids is 2. The van der Waals surface area contributed by atoms with Gasteiger partial charge < -0.3 is 19.9 Å². The first kappa shape index (κ1) is 25.9. The van der Waals surface area contributed by atoms with Gasteiger partial charge in [-0.05, 0) is 82.7 Å². The minimum Gasteiger partial charge on any atom is -0.496 e. The van der Waals surface area contributed by atoms with Crippen LogP contribution in [-0.4, -0.2) is 55.1 Å². The number of carbonyl (C=O) groups is 2. The number of methoxy groups -OCH3 is 1. The molecule has 3 aromatic carbocycles. The highest BCUT2D eigenvalue weighted by Crippen LogP contribution is 2.26. The van der Waals surface area contributed by atoms with Gasteiger partial charge in [-0.25, -0.2) is 0 Å². The van der Waals surface area contributed by atoms with Crippen molar-refractivity contribution in [2.24, 2.45) is 0 Å². The van der Waals surface area contributed by atoms with E-state index in [-0.39, 0.29) is 16.9 Å². The zero-order valence-corrected chi connectivity index (χ0v) is 22.6. The lowest BCUT2D eigenvalue weighted by atomic mass is 10.1. The van der Waals surface area contributed by atoms with E-state index in [1.165, 1.54) is 0 Å². The van der Waals surface area contributed by atoms with Crippen LogP contribution in [0.15, 0.2) is 71.2 Å². The molecule has 7 nitrogen and oxygen atoms in total. The molecule has 0 saturated carbocycles. The number of rotatable bonds is 5. The zero-order valence-electron chi connectivity index (χ0n) is 19.5. The second kappa shape index (κ2) is 11.7. The molecule has 1 fully saturated rings. The normalized spacial score (nSPS) is 13.2. The van der Waals surface area contributed by atoms with E-state index in [1.54, 1.807) is 43.5 Å². The van der Waals surface area contributed by atoms with E-state index >= 15 is 0 Å². The van der Waals surface area contributed by atoms with Crippen molar-refractivity contribution >= 4 is 68.1 Å². The number of thiocarbonyl (C=S) groups is 1. The van der Waals surface area contributed by atoms with Crippen LogP contribution >= 0.6 is 39.7 Å². The van der Waals surface area contributed by atoms with E-state index in [4.69, 9.17) is 28.6 Å². The molecule has 1 aliphatic heterocycles. The molecule has 0 atom stereocenters. The summed E-state index contributed by atoms with van der Waals surface area (Å²) in [7, 11) is 1.54. The van der Waals surface area contributed by atoms with Gasteiger partial charge in [0.2, 0.25) is 0 Å². The number of piperazine rings is 1. The molecule has 0 aliphatic carbocycles. The largest absolute Gasteiger partial charge is 0.496 e. The molecule has 186 valence electrons. The fourth-order valence-electron chi connectivity index (χ4n) is 3.92. The van der Waals surface area contributed by atoms with E-state index in [0.29, 0.717) is 52.6 Å². The first-order valence-electron chi connectivity index (χ1n) is 11.2. The van der Waals surface area contributed by atoms with Gasteiger partial charge in [0.15, 0.2) is 5.11 Å². The molecule has 0 unspecified atom stereocenters. The van der Waals surface area contributed by atoms with Crippen molar-refractivity contribution in [2.75, 3.05) is 43.5 Å². The highest BCUT2D eigenvalue weighted by atomic mass is 79.9. The quantitative estimate of drug-likeness (QED) is 0.400. The van der Waals surface area contributed by atoms with Crippen LogP contribution in [0.4, 0.5) is 11.4 Å². The predicted molar refractivity (Wildman–Crippen MR) is 150 cm³/mol. The number of nitrogens with one attached hydrogen (secondary N) is 2. The Labute approximate surface area is 228 Å². The molecule has 0 radical (unpaired) electrons. The monoisotopic (exact) mass is 586 g/mol. The highest BCUT2D eigenvalue weighted by molar-refractivity contribution is 9.10. The lowest BCUT2D eigenvalue weighted by molar-refractivity contribution is 0.0743. The first-order valence-corrected chi connectivity index (χ1v) is 12.8. The van der Waals surface area contributed by atoms with E-state index in [2.05, 4.69) is 31.5 Å². The Morgan fingerprint density at radius 3 is 2.33 bits per heavy atom. The Balaban J connectivity index is 1.31. The van der Waals surface area contributed by atoms with E-state index in [9.17, 15) is 9.59 Å². The lowest BCUT2D eigenvalue weighted by Crippen LogP contribution is -2.48. The van der Waals surface area contributed by atoms with Crippen molar-refractivity contribution in [1.82, 2.24) is 10.2 Å². The minimum atomic E-state index is -0.292. The Bertz CT molecular complexity index is 1280. The summed E-state index contributed by atoms with van der Waals surface area (Å²) in [4.78, 5) is 29.5. The first-order chi connectivity index (χ1) is 17.4. The third-order valence-corrected chi connectivity index (χ3v) is 6.93. The maximum Gasteiger partial charge on any atom is 0.258 e. The maximum atomic E-state index is 13.0. The van der Waals surface area contributed by atoms with Crippen molar-refractivity contribution in [3.8, 4) is 5.75 Å². The second-order valence-corrected chi connectivity index (χ2v) is 9.76. The number of halogens is 2. The number of anilines is 2. The number of ether oxygens (including phenoxy) is 1. The van der Waals surface area contributed by atoms with E-state index in [1.807, 2.05) is 35.2 Å². The van der Waals surface area contributed by atoms with Gasteiger partial charge in [-0.2, -0.15) is 0 Å². The second-order valence-electron chi connectivity index (χ2n) is 8.06. The molecule has 1 heterocycles. The van der Waals surface area contributed by atoms with Crippen LogP contribution in [0.5, 0.6) is 5.75 Å². The Morgan fingerprint density at radius 2 is 1.67 bits per heavy atom. The Kier molecular flexibility index (Phi) is 8.45. The van der Waals surface area contributed by atoms with Gasteiger partial charge in [-0.15, -0.1) is 0 Å². The van der Waals surface area contributed by atoms with Gasteiger partial charge in [-0.1, -0.05) is 23.7 Å². The van der Waals surface area contributed by atoms with Crippen LogP contribution in [0.25, 0.3) is 0 Å². The van der Waals surface area contributed by atoms with Crippen molar-refractivity contribution in [1.29, 1.82) is 0 Å². The number of nitrogens with zero attached hydrogens (tertiary/aromatic N) is 2. The lowest BCUT2D eigenvalue weighted by Gasteiger charge is -2.36. The summed E-state index contributed by atoms with van der Waals surface area (Å²) in [6.45, 7) is 2.56. The van der Waals surface area contributed by atoms with Gasteiger partial charge in [-0.3, -0.25) is 14.9 Å². The molecular weight excluding hydrogens is 564 g/mol. The summed E-state index contributed by atoms with van der Waals surface area (Å²) in [5.74, 6) is 0.131. The average Bonchev–Trinajstić information content (AvgIpc) is 2.89. The van der Waals surface area contributed by atoms with Gasteiger partial charge in [0.1, 0.15) is 5.75 Å². The standard InChI is InChI=1S/C26H24BrClN4O3S/c1-35-23-11-6-17(28)16-21(23)25(34)32-14-12-31(13-15-32)19-9-7-18(8-10-19)29-26(36)30-24(33)20-4-2-3-5-22(20)27/h2-11,16H,12-15H2,1H3,(H2,29,30,33,36). The topological polar surface area (TPSA) is 73.9 Å². The van der Waals surface area contributed by atoms with Crippen molar-refractivity contribution < 1.29 is 14.3 Å². The number of benzene rings is 3. The van der Waals surface area contributed by atoms with Crippen LogP contribution in [0, 0.1) is 0 Å². The molecule has 36 heavy (non-hydrogen) atoms. The number of hydrogen-bond acceptors (Lipinski definition) is 5. The molecule has 0 spiro atoms. The van der Waals surface area contributed by atoms with E-state index < -0.39 is 0 Å². The molecule has 2 N–H and O–H groups in total. The molecule has 0 aromatic heterocycles. The van der Waals surface area contributed by atoms with Crippen LogP contribution < -0.4 is 20.3 Å². The molecule has 3 aromatic rings. The fourth-order valence-corrected chi connectivity index (χ4v) is 4.77. The van der Waals surface area contributed by atoms with Crippen molar-refractivity contribution in [3.05, 3.63) is 87.4 Å². The van der Waals surface area contributed by atoms with E-state index in [0.717, 1.165) is 11.4 Å². The van der Waals surface area contributed by atoms with Crippen molar-refractivity contribution in [2.45, 2.75) is 0 Å². The zero-order chi connectivity index (χ0) is 25.7. The number of hydrogen-bond donors (Lipinski definition) is 2. The molecule has 1 aliphatic rings. The molecule has 1 saturated heterocycles. The van der Waals surface area contributed by atoms with Crippen LogP contribution in [0.1, 0.15) is 20.7 Å². The third kappa shape index (κ3) is 6.16. The SMILES string of the molecule is COc1ccc(Cl)cc1C(=O)N1CCN(c2ccc(NC(=S)NC(=O)c3ccccc3Br)cc2)CC1. The summed E-state index contributed by atoms with van der Waals surface area (Å²) in [6, 6.07) is 20.0. The highest BCUT2D eigenvalue weighted by Gasteiger charge is 2.24. The van der Waals surface area contributed by atoms with Crippen LogP contribution in [-0.2, 0) is 0 Å². The maximum absolute atomic E-state index is 13.0. The van der Waals surface area contributed by atoms with Gasteiger partial charge in [0, 0.05) is 47.0 Å². The van der Waals surface area contributed by atoms with Gasteiger partial charge in [0.05, 0.1) is 18.2 Å². The molecular formula is C26H24BrClN4O3S.